The Hall–Kier alpha value is -0.550. The first-order valence-corrected chi connectivity index (χ1v) is 5.01. The molecule has 0 fully saturated rings. The molecule has 0 saturated heterocycles. The summed E-state index contributed by atoms with van der Waals surface area (Å²) in [5.41, 5.74) is -4.94. The van der Waals surface area contributed by atoms with Crippen LogP contribution in [-0.2, 0) is 14.9 Å². The molecule has 0 saturated carbocycles. The number of alkyl halides is 6. The van der Waals surface area contributed by atoms with Gasteiger partial charge >= 0.3 is 12.4 Å². The van der Waals surface area contributed by atoms with Crippen LogP contribution in [0.1, 0.15) is 0 Å². The van der Waals surface area contributed by atoms with Crippen molar-refractivity contribution in [2.45, 2.75) is 18.0 Å². The molecule has 11 heteroatoms. The van der Waals surface area contributed by atoms with E-state index in [0.29, 0.717) is 0 Å². The van der Waals surface area contributed by atoms with Crippen molar-refractivity contribution in [2.75, 3.05) is 12.9 Å². The second-order valence-electron chi connectivity index (χ2n) is 2.75. The number of methoxy groups -OCH3 is 1. The van der Waals surface area contributed by atoms with Crippen LogP contribution in [0.3, 0.4) is 0 Å². The Morgan fingerprint density at radius 3 is 1.44 bits per heavy atom. The summed E-state index contributed by atoms with van der Waals surface area (Å²) in [4.78, 5) is 0. The van der Waals surface area contributed by atoms with Gasteiger partial charge in [-0.25, -0.2) is 0 Å². The van der Waals surface area contributed by atoms with Crippen LogP contribution in [0.25, 0.3) is 0 Å². The Morgan fingerprint density at radius 2 is 1.38 bits per heavy atom. The zero-order valence-corrected chi connectivity index (χ0v) is 8.37. The van der Waals surface area contributed by atoms with Crippen LogP contribution in [0.2, 0.25) is 0 Å². The largest absolute Gasteiger partial charge is 0.427 e. The first kappa shape index (κ1) is 15.4. The van der Waals surface area contributed by atoms with E-state index in [2.05, 4.69) is 4.74 Å². The number of rotatable bonds is 3. The summed E-state index contributed by atoms with van der Waals surface area (Å²) in [6.07, 6.45) is -12.1. The average molecular weight is 276 g/mol. The van der Waals surface area contributed by atoms with E-state index >= 15 is 0 Å². The summed E-state index contributed by atoms with van der Waals surface area (Å²) in [6, 6.07) is 0. The minimum Gasteiger partial charge on any atom is -0.361 e. The van der Waals surface area contributed by atoms with Gasteiger partial charge in [0, 0.05) is 7.11 Å². The maximum Gasteiger partial charge on any atom is 0.427 e. The summed E-state index contributed by atoms with van der Waals surface area (Å²) < 4.78 is 105. The third-order valence-corrected chi connectivity index (χ3v) is 2.42. The molecule has 0 amide bonds. The molecular formula is C5H6F6O4S. The Balaban J connectivity index is 5.69. The van der Waals surface area contributed by atoms with Gasteiger partial charge in [0.05, 0.1) is 0 Å². The van der Waals surface area contributed by atoms with Gasteiger partial charge < -0.3 is 4.74 Å². The van der Waals surface area contributed by atoms with E-state index in [1.54, 1.807) is 0 Å². The molecule has 0 aromatic heterocycles. The molecule has 0 aromatic rings. The summed E-state index contributed by atoms with van der Waals surface area (Å²) >= 11 is 0. The van der Waals surface area contributed by atoms with Crippen molar-refractivity contribution in [1.82, 2.24) is 0 Å². The van der Waals surface area contributed by atoms with Gasteiger partial charge in [0.2, 0.25) is 0 Å². The van der Waals surface area contributed by atoms with Crippen LogP contribution in [0.4, 0.5) is 26.3 Å². The molecule has 0 radical (unpaired) electrons. The minimum absolute atomic E-state index is 0.0478. The third-order valence-electron chi connectivity index (χ3n) is 1.65. The lowest BCUT2D eigenvalue weighted by Crippen LogP contribution is -2.62. The van der Waals surface area contributed by atoms with Crippen LogP contribution in [0.15, 0.2) is 0 Å². The molecule has 1 N–H and O–H groups in total. The van der Waals surface area contributed by atoms with Crippen LogP contribution >= 0.6 is 0 Å². The van der Waals surface area contributed by atoms with Crippen molar-refractivity contribution in [3.05, 3.63) is 0 Å². The number of hydrogen-bond acceptors (Lipinski definition) is 3. The average Bonchev–Trinajstić information content (AvgIpc) is 1.93. The second kappa shape index (κ2) is 4.04. The lowest BCUT2D eigenvalue weighted by atomic mass is 10.1. The fourth-order valence-corrected chi connectivity index (χ4v) is 1.83. The van der Waals surface area contributed by atoms with Gasteiger partial charge in [-0.1, -0.05) is 0 Å². The Kier molecular flexibility index (Phi) is 3.90. The van der Waals surface area contributed by atoms with Crippen LogP contribution in [0, 0.1) is 0 Å². The highest BCUT2D eigenvalue weighted by atomic mass is 32.2. The van der Waals surface area contributed by atoms with Gasteiger partial charge in [0.1, 0.15) is 5.75 Å². The molecule has 0 aliphatic heterocycles. The predicted octanol–water partition coefficient (Wildman–Crippen LogP) is 1.38. The lowest BCUT2D eigenvalue weighted by molar-refractivity contribution is -0.366. The highest BCUT2D eigenvalue weighted by Crippen LogP contribution is 2.46. The van der Waals surface area contributed by atoms with Gasteiger partial charge in [-0.05, 0) is 0 Å². The van der Waals surface area contributed by atoms with Crippen molar-refractivity contribution >= 4 is 10.1 Å². The fourth-order valence-electron chi connectivity index (χ4n) is 0.872. The molecule has 0 rings (SSSR count). The molecule has 16 heavy (non-hydrogen) atoms. The molecule has 4 nitrogen and oxygen atoms in total. The van der Waals surface area contributed by atoms with Gasteiger partial charge in [0.25, 0.3) is 15.7 Å². The van der Waals surface area contributed by atoms with Gasteiger partial charge in [-0.15, -0.1) is 0 Å². The van der Waals surface area contributed by atoms with Crippen molar-refractivity contribution in [1.29, 1.82) is 0 Å². The van der Waals surface area contributed by atoms with Gasteiger partial charge in [-0.3, -0.25) is 4.55 Å². The summed E-state index contributed by atoms with van der Waals surface area (Å²) in [7, 11) is -5.48. The Bertz CT molecular complexity index is 327. The quantitative estimate of drug-likeness (QED) is 0.625. The standard InChI is InChI=1S/C5H6F6O4S/c1-15-3(4(6,7)8,5(9,10)11)2-16(12,13)14/h2H2,1H3,(H,12,13,14). The molecule has 0 heterocycles. The molecule has 0 aliphatic rings. The van der Waals surface area contributed by atoms with Crippen LogP contribution < -0.4 is 0 Å². The molecule has 0 aliphatic carbocycles. The second-order valence-corrected chi connectivity index (χ2v) is 4.21. The number of halogens is 6. The first-order valence-electron chi connectivity index (χ1n) is 3.40. The van der Waals surface area contributed by atoms with Crippen LogP contribution in [-0.4, -0.2) is 43.8 Å². The normalized spacial score (nSPS) is 15.2. The smallest absolute Gasteiger partial charge is 0.361 e. The molecular weight excluding hydrogens is 270 g/mol. The fraction of sp³-hybridized carbons (Fsp3) is 1.00. The van der Waals surface area contributed by atoms with E-state index in [-0.39, 0.29) is 7.11 Å². The highest BCUT2D eigenvalue weighted by Gasteiger charge is 2.73. The zero-order valence-electron chi connectivity index (χ0n) is 7.56. The third kappa shape index (κ3) is 2.98. The van der Waals surface area contributed by atoms with Gasteiger partial charge in [0.15, 0.2) is 0 Å². The SMILES string of the molecule is COC(CS(=O)(=O)O)(C(F)(F)F)C(F)(F)F. The van der Waals surface area contributed by atoms with E-state index < -0.39 is 33.8 Å². The van der Waals surface area contributed by atoms with Crippen molar-refractivity contribution < 1.29 is 44.0 Å². The van der Waals surface area contributed by atoms with E-state index in [4.69, 9.17) is 4.55 Å². The summed E-state index contributed by atoms with van der Waals surface area (Å²) in [5.74, 6) is -2.65. The molecule has 0 bridgehead atoms. The van der Waals surface area contributed by atoms with Gasteiger partial charge in [-0.2, -0.15) is 34.8 Å². The van der Waals surface area contributed by atoms with E-state index in [1.807, 2.05) is 0 Å². The highest BCUT2D eigenvalue weighted by molar-refractivity contribution is 7.85. The zero-order chi connectivity index (χ0) is 13.4. The monoisotopic (exact) mass is 276 g/mol. The molecule has 0 unspecified atom stereocenters. The van der Waals surface area contributed by atoms with E-state index in [1.165, 1.54) is 0 Å². The minimum atomic E-state index is -6.03. The molecule has 0 spiro atoms. The topological polar surface area (TPSA) is 63.6 Å². The molecule has 98 valence electrons. The predicted molar refractivity (Wildman–Crippen MR) is 38.3 cm³/mol. The molecule has 0 aromatic carbocycles. The maximum atomic E-state index is 12.2. The Labute approximate surface area is 85.9 Å². The lowest BCUT2D eigenvalue weighted by Gasteiger charge is -2.34. The summed E-state index contributed by atoms with van der Waals surface area (Å²) in [6.45, 7) is 0. The Morgan fingerprint density at radius 1 is 1.06 bits per heavy atom. The van der Waals surface area contributed by atoms with Crippen molar-refractivity contribution in [3.63, 3.8) is 0 Å². The van der Waals surface area contributed by atoms with Crippen LogP contribution in [0.5, 0.6) is 0 Å². The molecule has 0 atom stereocenters. The van der Waals surface area contributed by atoms with Crippen molar-refractivity contribution in [3.8, 4) is 0 Å². The van der Waals surface area contributed by atoms with E-state index in [0.717, 1.165) is 0 Å². The number of ether oxygens (including phenoxy) is 1. The first-order chi connectivity index (χ1) is 6.77. The van der Waals surface area contributed by atoms with E-state index in [9.17, 15) is 34.8 Å². The number of hydrogen-bond donors (Lipinski definition) is 1. The maximum absolute atomic E-state index is 12.2. The summed E-state index contributed by atoms with van der Waals surface area (Å²) in [5, 5.41) is 0. The van der Waals surface area contributed by atoms with Crippen molar-refractivity contribution in [2.24, 2.45) is 0 Å².